The molecule has 2 aromatic rings. The van der Waals surface area contributed by atoms with Crippen LogP contribution in [0.2, 0.25) is 0 Å². The molecule has 1 aliphatic carbocycles. The molecule has 1 amide bonds. The molecule has 0 radical (unpaired) electrons. The zero-order valence-electron chi connectivity index (χ0n) is 18.8. The largest absolute Gasteiger partial charge is 0.478 e. The lowest BCUT2D eigenvalue weighted by Crippen LogP contribution is -2.35. The molecule has 2 aromatic carbocycles. The van der Waals surface area contributed by atoms with Crippen molar-refractivity contribution in [2.45, 2.75) is 51.4 Å². The molecule has 0 aromatic heterocycles. The van der Waals surface area contributed by atoms with Gasteiger partial charge in [0.2, 0.25) is 0 Å². The summed E-state index contributed by atoms with van der Waals surface area (Å²) in [7, 11) is 1.49. The molecule has 32 heavy (non-hydrogen) atoms. The summed E-state index contributed by atoms with van der Waals surface area (Å²) < 4.78 is 25.6. The van der Waals surface area contributed by atoms with E-state index < -0.39 is 23.3 Å². The van der Waals surface area contributed by atoms with Crippen LogP contribution in [0.15, 0.2) is 28.7 Å². The highest BCUT2D eigenvalue weighted by molar-refractivity contribution is 9.10. The third-order valence-electron chi connectivity index (χ3n) is 6.03. The van der Waals surface area contributed by atoms with Crippen LogP contribution >= 0.6 is 15.9 Å². The van der Waals surface area contributed by atoms with Crippen LogP contribution in [0.1, 0.15) is 72.4 Å². The molecule has 0 unspecified atom stereocenters. The number of benzene rings is 2. The first-order chi connectivity index (χ1) is 14.9. The van der Waals surface area contributed by atoms with E-state index in [2.05, 4.69) is 48.9 Å². The highest BCUT2D eigenvalue weighted by atomic mass is 79.9. The van der Waals surface area contributed by atoms with E-state index in [0.717, 1.165) is 36.1 Å². The molecule has 1 aliphatic rings. The van der Waals surface area contributed by atoms with Gasteiger partial charge in [0.05, 0.1) is 15.6 Å². The normalized spacial score (nSPS) is 16.2. The number of methoxy groups -OCH3 is 1. The van der Waals surface area contributed by atoms with Crippen LogP contribution in [0.5, 0.6) is 5.75 Å². The minimum Gasteiger partial charge on any atom is -0.478 e. The third kappa shape index (κ3) is 4.52. The van der Waals surface area contributed by atoms with E-state index >= 15 is 0 Å². The van der Waals surface area contributed by atoms with Gasteiger partial charge in [0.15, 0.2) is 6.79 Å². The quantitative estimate of drug-likeness (QED) is 0.477. The summed E-state index contributed by atoms with van der Waals surface area (Å²) in [6.45, 7) is 8.57. The predicted octanol–water partition coefficient (Wildman–Crippen LogP) is 5.87. The number of amides is 1. The zero-order valence-corrected chi connectivity index (χ0v) is 20.4. The van der Waals surface area contributed by atoms with Gasteiger partial charge in [-0.1, -0.05) is 27.7 Å². The second kappa shape index (κ2) is 8.83. The summed E-state index contributed by atoms with van der Waals surface area (Å²) in [6.07, 6.45) is 1.94. The molecule has 3 rings (SSSR count). The highest BCUT2D eigenvalue weighted by Crippen LogP contribution is 2.51. The number of ether oxygens (including phenoxy) is 2. The van der Waals surface area contributed by atoms with Gasteiger partial charge in [0.1, 0.15) is 11.6 Å². The molecule has 6 nitrogen and oxygen atoms in total. The summed E-state index contributed by atoms with van der Waals surface area (Å²) in [6, 6.07) is 5.28. The Balaban J connectivity index is 2.10. The number of nitrogens with one attached hydrogen (secondary N) is 1. The molecule has 172 valence electrons. The number of fused-ring (bicyclic) bond motifs is 1. The van der Waals surface area contributed by atoms with Crippen molar-refractivity contribution in [2.24, 2.45) is 0 Å². The number of aromatic carboxylic acids is 1. The molecular weight excluding hydrogens is 481 g/mol. The van der Waals surface area contributed by atoms with Crippen molar-refractivity contribution in [2.75, 3.05) is 19.2 Å². The Morgan fingerprint density at radius 3 is 2.38 bits per heavy atom. The molecule has 0 aliphatic heterocycles. The van der Waals surface area contributed by atoms with E-state index in [9.17, 15) is 14.0 Å². The molecule has 0 fully saturated rings. The van der Waals surface area contributed by atoms with Crippen LogP contribution < -0.4 is 10.1 Å². The molecule has 0 atom stereocenters. The molecular formula is C24H27BrFNO5. The molecule has 0 spiro atoms. The number of anilines is 1. The SMILES string of the molecule is COCOc1c(C(=O)Nc2ccc(C(=O)O)c(F)c2)cc2c(c1Br)C(C)(C)CCC2(C)C. The Hall–Kier alpha value is -2.45. The standard InChI is InChI=1S/C24H27BrFNO5/c1-23(2)8-9-24(3,4)18-16(23)11-15(20(19(18)25)32-12-31-5)21(28)27-13-6-7-14(22(29)30)17(26)10-13/h6-7,10-11H,8-9,12H2,1-5H3,(H,27,28)(H,29,30). The summed E-state index contributed by atoms with van der Waals surface area (Å²) in [5, 5.41) is 11.7. The average molecular weight is 508 g/mol. The van der Waals surface area contributed by atoms with Crippen molar-refractivity contribution in [3.05, 3.63) is 56.8 Å². The summed E-state index contributed by atoms with van der Waals surface area (Å²) in [5.41, 5.74) is 1.81. The van der Waals surface area contributed by atoms with Gasteiger partial charge in [0.25, 0.3) is 5.91 Å². The number of hydrogen-bond acceptors (Lipinski definition) is 4. The lowest BCUT2D eigenvalue weighted by molar-refractivity contribution is 0.0495. The molecule has 8 heteroatoms. The maximum Gasteiger partial charge on any atom is 0.338 e. The molecule has 0 bridgehead atoms. The Kier molecular flexibility index (Phi) is 6.67. The fourth-order valence-corrected chi connectivity index (χ4v) is 5.18. The smallest absolute Gasteiger partial charge is 0.338 e. The van der Waals surface area contributed by atoms with E-state index in [1.54, 1.807) is 0 Å². The van der Waals surface area contributed by atoms with Gasteiger partial charge < -0.3 is 19.9 Å². The highest BCUT2D eigenvalue weighted by Gasteiger charge is 2.41. The molecule has 0 saturated heterocycles. The van der Waals surface area contributed by atoms with Crippen LogP contribution in [0.4, 0.5) is 10.1 Å². The summed E-state index contributed by atoms with van der Waals surface area (Å²) >= 11 is 3.68. The number of rotatable bonds is 6. The van der Waals surface area contributed by atoms with Crippen LogP contribution in [-0.2, 0) is 15.6 Å². The second-order valence-corrected chi connectivity index (χ2v) is 10.1. The fourth-order valence-electron chi connectivity index (χ4n) is 4.10. The fraction of sp³-hybridized carbons (Fsp3) is 0.417. The summed E-state index contributed by atoms with van der Waals surface area (Å²) in [4.78, 5) is 24.3. The van der Waals surface area contributed by atoms with Crippen molar-refractivity contribution in [3.8, 4) is 5.75 Å². The van der Waals surface area contributed by atoms with Crippen molar-refractivity contribution in [1.82, 2.24) is 0 Å². The maximum atomic E-state index is 14.1. The van der Waals surface area contributed by atoms with E-state index in [1.165, 1.54) is 13.2 Å². The van der Waals surface area contributed by atoms with Gasteiger partial charge in [-0.15, -0.1) is 0 Å². The van der Waals surface area contributed by atoms with Gasteiger partial charge in [-0.05, 0) is 75.0 Å². The Bertz CT molecular complexity index is 1080. The number of carbonyl (C=O) groups is 2. The van der Waals surface area contributed by atoms with Gasteiger partial charge in [-0.3, -0.25) is 4.79 Å². The van der Waals surface area contributed by atoms with Gasteiger partial charge >= 0.3 is 5.97 Å². The third-order valence-corrected chi connectivity index (χ3v) is 6.78. The molecule has 0 heterocycles. The number of carboxylic acids is 1. The minimum absolute atomic E-state index is 0.0522. The minimum atomic E-state index is -1.38. The van der Waals surface area contributed by atoms with E-state index in [1.807, 2.05) is 6.07 Å². The van der Waals surface area contributed by atoms with Crippen LogP contribution in [0.25, 0.3) is 0 Å². The monoisotopic (exact) mass is 507 g/mol. The van der Waals surface area contributed by atoms with E-state index in [0.29, 0.717) is 10.2 Å². The van der Waals surface area contributed by atoms with Gasteiger partial charge in [-0.25, -0.2) is 9.18 Å². The maximum absolute atomic E-state index is 14.1. The van der Waals surface area contributed by atoms with E-state index in [4.69, 9.17) is 14.6 Å². The first-order valence-corrected chi connectivity index (χ1v) is 11.0. The van der Waals surface area contributed by atoms with Crippen LogP contribution in [0.3, 0.4) is 0 Å². The Morgan fingerprint density at radius 2 is 1.78 bits per heavy atom. The zero-order chi connectivity index (χ0) is 23.8. The van der Waals surface area contributed by atoms with Crippen molar-refractivity contribution >= 4 is 33.5 Å². The predicted molar refractivity (Wildman–Crippen MR) is 123 cm³/mol. The van der Waals surface area contributed by atoms with E-state index in [-0.39, 0.29) is 28.9 Å². The molecule has 2 N–H and O–H groups in total. The first-order valence-electron chi connectivity index (χ1n) is 10.2. The Morgan fingerprint density at radius 1 is 1.12 bits per heavy atom. The first kappa shape index (κ1) is 24.2. The van der Waals surface area contributed by atoms with Crippen LogP contribution in [0, 0.1) is 5.82 Å². The van der Waals surface area contributed by atoms with Crippen molar-refractivity contribution in [3.63, 3.8) is 0 Å². The van der Waals surface area contributed by atoms with Gasteiger partial charge in [0, 0.05) is 12.8 Å². The van der Waals surface area contributed by atoms with Crippen LogP contribution in [-0.4, -0.2) is 30.9 Å². The van der Waals surface area contributed by atoms with Gasteiger partial charge in [-0.2, -0.15) is 0 Å². The number of hydrogen-bond donors (Lipinski definition) is 2. The Labute approximate surface area is 195 Å². The number of halogens is 2. The number of carboxylic acid groups (broad SMARTS) is 1. The average Bonchev–Trinajstić information content (AvgIpc) is 2.69. The van der Waals surface area contributed by atoms with Crippen molar-refractivity contribution < 1.29 is 28.6 Å². The lowest BCUT2D eigenvalue weighted by Gasteiger charge is -2.43. The number of carbonyl (C=O) groups excluding carboxylic acids is 1. The molecule has 0 saturated carbocycles. The van der Waals surface area contributed by atoms with Crippen molar-refractivity contribution in [1.29, 1.82) is 0 Å². The second-order valence-electron chi connectivity index (χ2n) is 9.26. The lowest BCUT2D eigenvalue weighted by atomic mass is 9.63. The topological polar surface area (TPSA) is 84.9 Å². The summed E-state index contributed by atoms with van der Waals surface area (Å²) in [5.74, 6) is -2.46.